The highest BCUT2D eigenvalue weighted by atomic mass is 32.2. The Balaban J connectivity index is 2.02. The molecule has 1 heterocycles. The summed E-state index contributed by atoms with van der Waals surface area (Å²) in [5, 5.41) is 10.0. The average molecular weight is 510 g/mol. The van der Waals surface area contributed by atoms with Crippen molar-refractivity contribution in [3.63, 3.8) is 0 Å². The molecule has 0 unspecified atom stereocenters. The van der Waals surface area contributed by atoms with Gasteiger partial charge in [-0.2, -0.15) is 4.31 Å². The molecule has 3 aromatic carbocycles. The minimum atomic E-state index is -4.53. The fourth-order valence-electron chi connectivity index (χ4n) is 4.44. The summed E-state index contributed by atoms with van der Waals surface area (Å²) in [7, 11) is -3.38. The highest BCUT2D eigenvalue weighted by molar-refractivity contribution is 7.89. The Morgan fingerprint density at radius 2 is 1.69 bits per heavy atom. The van der Waals surface area contributed by atoms with Gasteiger partial charge in [0.2, 0.25) is 10.0 Å². The number of carboxylic acids is 1. The summed E-state index contributed by atoms with van der Waals surface area (Å²) in [6, 6.07) is 15.8. The van der Waals surface area contributed by atoms with Crippen molar-refractivity contribution in [1.82, 2.24) is 4.31 Å². The van der Waals surface area contributed by atoms with Crippen LogP contribution in [0.5, 0.6) is 0 Å². The van der Waals surface area contributed by atoms with E-state index >= 15 is 0 Å². The first-order valence-corrected chi connectivity index (χ1v) is 12.6. The number of nitrogens with zero attached hydrogens (tertiary/aromatic N) is 1. The van der Waals surface area contributed by atoms with Crippen molar-refractivity contribution in [1.29, 1.82) is 0 Å². The molecular weight excluding hydrogens is 485 g/mol. The molecule has 0 aromatic heterocycles. The van der Waals surface area contributed by atoms with Crippen molar-refractivity contribution in [2.45, 2.75) is 30.3 Å². The smallest absolute Gasteiger partial charge is 0.339 e. The number of ether oxygens (including phenoxy) is 1. The molecule has 0 amide bonds. The minimum absolute atomic E-state index is 0.0656. The second kappa shape index (κ2) is 10.0. The van der Waals surface area contributed by atoms with Crippen LogP contribution in [0.2, 0.25) is 0 Å². The predicted octanol–water partition coefficient (Wildman–Crippen LogP) is 4.81. The Kier molecular flexibility index (Phi) is 7.05. The number of rotatable bonds is 6. The lowest BCUT2D eigenvalue weighted by atomic mass is 9.89. The van der Waals surface area contributed by atoms with Gasteiger partial charge >= 0.3 is 11.9 Å². The summed E-state index contributed by atoms with van der Waals surface area (Å²) in [5.74, 6) is -2.82. The first-order valence-electron chi connectivity index (χ1n) is 11.1. The van der Waals surface area contributed by atoms with E-state index < -0.39 is 39.9 Å². The molecule has 1 aliphatic rings. The molecule has 7 nitrogen and oxygen atoms in total. The van der Waals surface area contributed by atoms with Gasteiger partial charge in [0.15, 0.2) is 0 Å². The molecule has 186 valence electrons. The van der Waals surface area contributed by atoms with E-state index in [-0.39, 0.29) is 28.0 Å². The van der Waals surface area contributed by atoms with E-state index in [0.29, 0.717) is 5.56 Å². The van der Waals surface area contributed by atoms with Gasteiger partial charge < -0.3 is 9.84 Å². The first-order chi connectivity index (χ1) is 17.1. The van der Waals surface area contributed by atoms with Crippen molar-refractivity contribution in [3.05, 3.63) is 113 Å². The standard InChI is InChI=1S/C27H24FNO6S/c1-17-10-12-18(13-11-17)23-15-14-22(26(30)31)25(19-6-5-7-20(28)16-19)29(23)36(33,34)24-9-4-3-8-21(24)27(32)35-2/h3-14,16,23,25H,15H2,1-2H3,(H,30,31)/t23-,25-/m0/s1. The van der Waals surface area contributed by atoms with Crippen LogP contribution in [0.15, 0.2) is 89.3 Å². The number of esters is 1. The highest BCUT2D eigenvalue weighted by Crippen LogP contribution is 2.46. The maximum Gasteiger partial charge on any atom is 0.339 e. The fourth-order valence-corrected chi connectivity index (χ4v) is 6.40. The summed E-state index contributed by atoms with van der Waals surface area (Å²) in [6.45, 7) is 1.89. The number of carbonyl (C=O) groups is 2. The molecule has 0 saturated carbocycles. The third-order valence-corrected chi connectivity index (χ3v) is 8.07. The zero-order valence-corrected chi connectivity index (χ0v) is 20.4. The monoisotopic (exact) mass is 509 g/mol. The number of aryl methyl sites for hydroxylation is 1. The summed E-state index contributed by atoms with van der Waals surface area (Å²) in [6.07, 6.45) is 1.54. The molecule has 0 spiro atoms. The number of benzene rings is 3. The van der Waals surface area contributed by atoms with E-state index in [1.165, 1.54) is 48.5 Å². The van der Waals surface area contributed by atoms with Crippen molar-refractivity contribution in [3.8, 4) is 0 Å². The zero-order chi connectivity index (χ0) is 26.0. The number of carbonyl (C=O) groups excluding carboxylic acids is 1. The maximum absolute atomic E-state index is 14.3. The van der Waals surface area contributed by atoms with Gasteiger partial charge in [-0.25, -0.2) is 22.4 Å². The van der Waals surface area contributed by atoms with Crippen LogP contribution in [0, 0.1) is 12.7 Å². The molecule has 0 fully saturated rings. The van der Waals surface area contributed by atoms with Gasteiger partial charge in [-0.1, -0.05) is 60.2 Å². The molecule has 0 bridgehead atoms. The largest absolute Gasteiger partial charge is 0.478 e. The number of methoxy groups -OCH3 is 1. The van der Waals surface area contributed by atoms with Gasteiger partial charge in [-0.3, -0.25) is 0 Å². The first kappa shape index (κ1) is 25.3. The van der Waals surface area contributed by atoms with Gasteiger partial charge in [0, 0.05) is 0 Å². The molecule has 2 atom stereocenters. The molecule has 36 heavy (non-hydrogen) atoms. The SMILES string of the molecule is COC(=O)c1ccccc1S(=O)(=O)N1[C@@H](c2cccc(F)c2)C(C(=O)O)=CC[C@H]1c1ccc(C)cc1. The van der Waals surface area contributed by atoms with Crippen LogP contribution in [0.3, 0.4) is 0 Å². The zero-order valence-electron chi connectivity index (χ0n) is 19.6. The molecule has 1 aliphatic heterocycles. The Labute approximate surface area is 208 Å². The highest BCUT2D eigenvalue weighted by Gasteiger charge is 2.45. The number of halogens is 1. The van der Waals surface area contributed by atoms with Crippen LogP contribution in [-0.4, -0.2) is 36.9 Å². The minimum Gasteiger partial charge on any atom is -0.478 e. The van der Waals surface area contributed by atoms with E-state index in [9.17, 15) is 27.5 Å². The fraction of sp³-hybridized carbons (Fsp3) is 0.185. The number of carboxylic acid groups (broad SMARTS) is 1. The molecule has 0 aliphatic carbocycles. The van der Waals surface area contributed by atoms with E-state index in [0.717, 1.165) is 23.0 Å². The van der Waals surface area contributed by atoms with Crippen molar-refractivity contribution < 1.29 is 32.2 Å². The molecule has 9 heteroatoms. The van der Waals surface area contributed by atoms with Crippen LogP contribution in [-0.2, 0) is 19.6 Å². The number of sulfonamides is 1. The van der Waals surface area contributed by atoms with Gasteiger partial charge in [0.05, 0.1) is 35.2 Å². The van der Waals surface area contributed by atoms with Crippen molar-refractivity contribution in [2.24, 2.45) is 0 Å². The topological polar surface area (TPSA) is 101 Å². The maximum atomic E-state index is 14.3. The van der Waals surface area contributed by atoms with E-state index in [4.69, 9.17) is 4.74 Å². The molecule has 0 radical (unpaired) electrons. The third kappa shape index (κ3) is 4.67. The Bertz CT molecular complexity index is 1450. The van der Waals surface area contributed by atoms with E-state index in [1.54, 1.807) is 12.1 Å². The summed E-state index contributed by atoms with van der Waals surface area (Å²) >= 11 is 0. The normalized spacial score (nSPS) is 18.4. The Morgan fingerprint density at radius 1 is 1.00 bits per heavy atom. The molecule has 3 aromatic rings. The second-order valence-corrected chi connectivity index (χ2v) is 10.2. The lowest BCUT2D eigenvalue weighted by Crippen LogP contribution is -2.43. The number of hydrogen-bond acceptors (Lipinski definition) is 5. The van der Waals surface area contributed by atoms with Gasteiger partial charge in [-0.05, 0) is 48.7 Å². The number of aliphatic carboxylic acids is 1. The Hall–Kier alpha value is -3.82. The Morgan fingerprint density at radius 3 is 2.33 bits per heavy atom. The molecular formula is C27H24FNO6S. The molecule has 4 rings (SSSR count). The summed E-state index contributed by atoms with van der Waals surface area (Å²) in [4.78, 5) is 24.4. The third-order valence-electron chi connectivity index (χ3n) is 6.14. The van der Waals surface area contributed by atoms with Crippen molar-refractivity contribution in [2.75, 3.05) is 7.11 Å². The predicted molar refractivity (Wildman–Crippen MR) is 130 cm³/mol. The lowest BCUT2D eigenvalue weighted by molar-refractivity contribution is -0.133. The summed E-state index contributed by atoms with van der Waals surface area (Å²) < 4.78 is 48.8. The molecule has 1 N–H and O–H groups in total. The van der Waals surface area contributed by atoms with Gasteiger partial charge in [0.1, 0.15) is 5.82 Å². The number of hydrogen-bond donors (Lipinski definition) is 1. The van der Waals surface area contributed by atoms with Crippen LogP contribution in [0.4, 0.5) is 4.39 Å². The van der Waals surface area contributed by atoms with E-state index in [2.05, 4.69) is 0 Å². The van der Waals surface area contributed by atoms with Crippen LogP contribution < -0.4 is 0 Å². The van der Waals surface area contributed by atoms with Crippen LogP contribution in [0.1, 0.15) is 45.6 Å². The quantitative estimate of drug-likeness (QED) is 0.479. The summed E-state index contributed by atoms with van der Waals surface area (Å²) in [5.41, 5.74) is 1.35. The molecule has 0 saturated heterocycles. The van der Waals surface area contributed by atoms with E-state index in [1.807, 2.05) is 19.1 Å². The van der Waals surface area contributed by atoms with Gasteiger partial charge in [-0.15, -0.1) is 0 Å². The van der Waals surface area contributed by atoms with Gasteiger partial charge in [0.25, 0.3) is 0 Å². The van der Waals surface area contributed by atoms with Crippen LogP contribution >= 0.6 is 0 Å². The second-order valence-electron chi connectivity index (χ2n) is 8.41. The van der Waals surface area contributed by atoms with Crippen molar-refractivity contribution >= 4 is 22.0 Å². The van der Waals surface area contributed by atoms with Crippen LogP contribution in [0.25, 0.3) is 0 Å². The average Bonchev–Trinajstić information content (AvgIpc) is 2.87. The lowest BCUT2D eigenvalue weighted by Gasteiger charge is -2.40.